The van der Waals surface area contributed by atoms with Crippen LogP contribution < -0.4 is 14.9 Å². The molecule has 114 valence electrons. The summed E-state index contributed by atoms with van der Waals surface area (Å²) in [5.74, 6) is 0.624. The minimum atomic E-state index is -0.370. The SMILES string of the molecule is COc1cc(C=NNC(=O)COc2ccccc2)ccc1O. The fraction of sp³-hybridized carbons (Fsp3) is 0.125. The van der Waals surface area contributed by atoms with Crippen LogP contribution in [0.15, 0.2) is 53.6 Å². The van der Waals surface area contributed by atoms with Crippen molar-refractivity contribution in [3.05, 3.63) is 54.1 Å². The van der Waals surface area contributed by atoms with Crippen molar-refractivity contribution in [1.82, 2.24) is 5.43 Å². The molecule has 2 N–H and O–H groups in total. The van der Waals surface area contributed by atoms with Gasteiger partial charge in [-0.05, 0) is 35.9 Å². The highest BCUT2D eigenvalue weighted by Crippen LogP contribution is 2.25. The number of methoxy groups -OCH3 is 1. The van der Waals surface area contributed by atoms with Gasteiger partial charge in [0.05, 0.1) is 13.3 Å². The molecule has 2 aromatic carbocycles. The predicted octanol–water partition coefficient (Wildman–Crippen LogP) is 1.93. The Morgan fingerprint density at radius 2 is 2.05 bits per heavy atom. The van der Waals surface area contributed by atoms with E-state index >= 15 is 0 Å². The molecule has 0 aliphatic rings. The Balaban J connectivity index is 1.83. The minimum absolute atomic E-state index is 0.0416. The highest BCUT2D eigenvalue weighted by Gasteiger charge is 2.02. The zero-order valence-corrected chi connectivity index (χ0v) is 12.0. The average molecular weight is 300 g/mol. The lowest BCUT2D eigenvalue weighted by Crippen LogP contribution is -2.24. The quantitative estimate of drug-likeness (QED) is 0.631. The molecule has 0 aromatic heterocycles. The molecular weight excluding hydrogens is 284 g/mol. The van der Waals surface area contributed by atoms with Gasteiger partial charge in [-0.2, -0.15) is 5.10 Å². The summed E-state index contributed by atoms with van der Waals surface area (Å²) in [6, 6.07) is 13.8. The van der Waals surface area contributed by atoms with Gasteiger partial charge in [-0.1, -0.05) is 18.2 Å². The van der Waals surface area contributed by atoms with Crippen molar-refractivity contribution < 1.29 is 19.4 Å². The van der Waals surface area contributed by atoms with Crippen molar-refractivity contribution in [3.8, 4) is 17.2 Å². The lowest BCUT2D eigenvalue weighted by Gasteiger charge is -2.05. The summed E-state index contributed by atoms with van der Waals surface area (Å²) in [4.78, 5) is 11.6. The Morgan fingerprint density at radius 3 is 2.77 bits per heavy atom. The van der Waals surface area contributed by atoms with E-state index in [0.29, 0.717) is 17.1 Å². The van der Waals surface area contributed by atoms with E-state index in [1.54, 1.807) is 24.3 Å². The van der Waals surface area contributed by atoms with Gasteiger partial charge in [0, 0.05) is 0 Å². The fourth-order valence-corrected chi connectivity index (χ4v) is 1.65. The molecular formula is C16H16N2O4. The third-order valence-electron chi connectivity index (χ3n) is 2.72. The van der Waals surface area contributed by atoms with Gasteiger partial charge in [-0.25, -0.2) is 5.43 Å². The van der Waals surface area contributed by atoms with Gasteiger partial charge < -0.3 is 14.6 Å². The summed E-state index contributed by atoms with van der Waals surface area (Å²) in [5.41, 5.74) is 3.04. The first-order chi connectivity index (χ1) is 10.7. The number of ether oxygens (including phenoxy) is 2. The van der Waals surface area contributed by atoms with Crippen molar-refractivity contribution >= 4 is 12.1 Å². The second-order valence-electron chi connectivity index (χ2n) is 4.33. The number of hydrazone groups is 1. The van der Waals surface area contributed by atoms with Gasteiger partial charge in [0.2, 0.25) is 0 Å². The van der Waals surface area contributed by atoms with Crippen LogP contribution >= 0.6 is 0 Å². The maximum atomic E-state index is 11.6. The molecule has 0 aliphatic carbocycles. The molecule has 0 unspecified atom stereocenters. The van der Waals surface area contributed by atoms with Crippen LogP contribution in [0.4, 0.5) is 0 Å². The number of carbonyl (C=O) groups excluding carboxylic acids is 1. The Morgan fingerprint density at radius 1 is 1.27 bits per heavy atom. The average Bonchev–Trinajstić information content (AvgIpc) is 2.55. The van der Waals surface area contributed by atoms with Crippen LogP contribution in [-0.4, -0.2) is 30.9 Å². The van der Waals surface area contributed by atoms with E-state index in [0.717, 1.165) is 0 Å². The molecule has 0 heterocycles. The van der Waals surface area contributed by atoms with E-state index in [1.807, 2.05) is 18.2 Å². The molecule has 2 aromatic rings. The third-order valence-corrected chi connectivity index (χ3v) is 2.72. The molecule has 0 fully saturated rings. The number of hydrogen-bond donors (Lipinski definition) is 2. The first-order valence-electron chi connectivity index (χ1n) is 6.56. The van der Waals surface area contributed by atoms with E-state index in [1.165, 1.54) is 19.4 Å². The highest BCUT2D eigenvalue weighted by atomic mass is 16.5. The fourth-order valence-electron chi connectivity index (χ4n) is 1.65. The van der Waals surface area contributed by atoms with Crippen LogP contribution in [0.1, 0.15) is 5.56 Å². The summed E-state index contributed by atoms with van der Waals surface area (Å²) in [5, 5.41) is 13.3. The Labute approximate surface area is 128 Å². The number of nitrogens with one attached hydrogen (secondary N) is 1. The normalized spacial score (nSPS) is 10.4. The maximum absolute atomic E-state index is 11.6. The van der Waals surface area contributed by atoms with Crippen LogP contribution in [0.25, 0.3) is 0 Å². The zero-order chi connectivity index (χ0) is 15.8. The molecule has 0 atom stereocenters. The van der Waals surface area contributed by atoms with Crippen LogP contribution in [0.5, 0.6) is 17.2 Å². The third kappa shape index (κ3) is 4.52. The molecule has 0 saturated heterocycles. The standard InChI is InChI=1S/C16H16N2O4/c1-21-15-9-12(7-8-14(15)19)10-17-18-16(20)11-22-13-5-3-2-4-6-13/h2-10,19H,11H2,1H3,(H,18,20). The highest BCUT2D eigenvalue weighted by molar-refractivity contribution is 5.83. The van der Waals surface area contributed by atoms with E-state index < -0.39 is 0 Å². The molecule has 2 rings (SSSR count). The minimum Gasteiger partial charge on any atom is -0.504 e. The van der Waals surface area contributed by atoms with Crippen molar-refractivity contribution in [1.29, 1.82) is 0 Å². The van der Waals surface area contributed by atoms with Gasteiger partial charge in [0.15, 0.2) is 18.1 Å². The maximum Gasteiger partial charge on any atom is 0.277 e. The monoisotopic (exact) mass is 300 g/mol. The van der Waals surface area contributed by atoms with Crippen LogP contribution in [0, 0.1) is 0 Å². The molecule has 0 aliphatic heterocycles. The molecule has 0 spiro atoms. The van der Waals surface area contributed by atoms with Crippen molar-refractivity contribution in [2.75, 3.05) is 13.7 Å². The Bertz CT molecular complexity index is 656. The summed E-state index contributed by atoms with van der Waals surface area (Å²) < 4.78 is 10.3. The predicted molar refractivity (Wildman–Crippen MR) is 82.3 cm³/mol. The van der Waals surface area contributed by atoms with Crippen LogP contribution in [0.2, 0.25) is 0 Å². The van der Waals surface area contributed by atoms with Crippen LogP contribution in [-0.2, 0) is 4.79 Å². The second kappa shape index (κ2) is 7.68. The largest absolute Gasteiger partial charge is 0.504 e. The Hall–Kier alpha value is -3.02. The second-order valence-corrected chi connectivity index (χ2v) is 4.33. The number of rotatable bonds is 6. The van der Waals surface area contributed by atoms with Crippen molar-refractivity contribution in [3.63, 3.8) is 0 Å². The van der Waals surface area contributed by atoms with E-state index in [4.69, 9.17) is 9.47 Å². The summed E-state index contributed by atoms with van der Waals surface area (Å²) >= 11 is 0. The number of amides is 1. The molecule has 1 amide bonds. The molecule has 6 heteroatoms. The number of phenols is 1. The Kier molecular flexibility index (Phi) is 5.37. The number of para-hydroxylation sites is 1. The van der Waals surface area contributed by atoms with Crippen molar-refractivity contribution in [2.45, 2.75) is 0 Å². The van der Waals surface area contributed by atoms with E-state index in [2.05, 4.69) is 10.5 Å². The van der Waals surface area contributed by atoms with Gasteiger partial charge >= 0.3 is 0 Å². The smallest absolute Gasteiger partial charge is 0.277 e. The summed E-state index contributed by atoms with van der Waals surface area (Å²) in [6.45, 7) is -0.125. The number of phenolic OH excluding ortho intramolecular Hbond substituents is 1. The first kappa shape index (κ1) is 15.4. The molecule has 0 bridgehead atoms. The molecule has 0 saturated carbocycles. The summed E-state index contributed by atoms with van der Waals surface area (Å²) in [6.07, 6.45) is 1.45. The number of hydrogen-bond acceptors (Lipinski definition) is 5. The number of carbonyl (C=O) groups is 1. The van der Waals surface area contributed by atoms with Crippen LogP contribution in [0.3, 0.4) is 0 Å². The van der Waals surface area contributed by atoms with E-state index in [9.17, 15) is 9.90 Å². The van der Waals surface area contributed by atoms with Gasteiger partial charge in [0.25, 0.3) is 5.91 Å². The van der Waals surface area contributed by atoms with Gasteiger partial charge in [-0.15, -0.1) is 0 Å². The number of nitrogens with zero attached hydrogens (tertiary/aromatic N) is 1. The molecule has 22 heavy (non-hydrogen) atoms. The molecule has 0 radical (unpaired) electrons. The number of benzene rings is 2. The van der Waals surface area contributed by atoms with Gasteiger partial charge in [0.1, 0.15) is 5.75 Å². The lowest BCUT2D eigenvalue weighted by atomic mass is 10.2. The first-order valence-corrected chi connectivity index (χ1v) is 6.56. The lowest BCUT2D eigenvalue weighted by molar-refractivity contribution is -0.123. The summed E-state index contributed by atoms with van der Waals surface area (Å²) in [7, 11) is 1.46. The van der Waals surface area contributed by atoms with Crippen molar-refractivity contribution in [2.24, 2.45) is 5.10 Å². The zero-order valence-electron chi connectivity index (χ0n) is 12.0. The van der Waals surface area contributed by atoms with E-state index in [-0.39, 0.29) is 18.3 Å². The topological polar surface area (TPSA) is 80.2 Å². The number of aromatic hydroxyl groups is 1. The molecule has 6 nitrogen and oxygen atoms in total. The van der Waals surface area contributed by atoms with Gasteiger partial charge in [-0.3, -0.25) is 4.79 Å².